The molecule has 1 saturated heterocycles. The molecular weight excluding hydrogens is 422 g/mol. The van der Waals surface area contributed by atoms with E-state index in [-0.39, 0.29) is 16.2 Å². The summed E-state index contributed by atoms with van der Waals surface area (Å²) in [7, 11) is -3.74. The van der Waals surface area contributed by atoms with Crippen LogP contribution in [0.25, 0.3) is 0 Å². The molecule has 8 heteroatoms. The number of anilines is 2. The van der Waals surface area contributed by atoms with E-state index < -0.39 is 10.0 Å². The number of halogens is 1. The summed E-state index contributed by atoms with van der Waals surface area (Å²) in [6.07, 6.45) is 2.13. The molecule has 0 bridgehead atoms. The fraction of sp³-hybridized carbons (Fsp3) is 0.409. The van der Waals surface area contributed by atoms with Gasteiger partial charge in [0.1, 0.15) is 0 Å². The summed E-state index contributed by atoms with van der Waals surface area (Å²) in [6.45, 7) is 6.82. The van der Waals surface area contributed by atoms with Gasteiger partial charge >= 0.3 is 0 Å². The number of carbonyl (C=O) groups excluding carboxylic acids is 1. The summed E-state index contributed by atoms with van der Waals surface area (Å²) in [5.41, 5.74) is 2.07. The highest BCUT2D eigenvalue weighted by atomic mass is 35.5. The van der Waals surface area contributed by atoms with E-state index in [1.807, 2.05) is 11.0 Å². The summed E-state index contributed by atoms with van der Waals surface area (Å²) in [5.74, 6) is 0.136. The molecule has 30 heavy (non-hydrogen) atoms. The molecule has 2 aromatic rings. The van der Waals surface area contributed by atoms with Gasteiger partial charge in [-0.15, -0.1) is 0 Å². The number of benzene rings is 2. The number of rotatable bonds is 5. The molecule has 160 valence electrons. The van der Waals surface area contributed by atoms with Crippen LogP contribution in [0.2, 0.25) is 5.02 Å². The first kappa shape index (κ1) is 21.0. The fourth-order valence-corrected chi connectivity index (χ4v) is 5.46. The Morgan fingerprint density at radius 1 is 1.10 bits per heavy atom. The van der Waals surface area contributed by atoms with Crippen LogP contribution in [-0.4, -0.2) is 45.4 Å². The lowest BCUT2D eigenvalue weighted by molar-refractivity contribution is -0.128. The average Bonchev–Trinajstić information content (AvgIpc) is 3.31. The van der Waals surface area contributed by atoms with Gasteiger partial charge in [-0.3, -0.25) is 9.52 Å². The number of carbonyl (C=O) groups is 1. The lowest BCUT2D eigenvalue weighted by atomic mass is 9.87. The highest BCUT2D eigenvalue weighted by Gasteiger charge is 2.37. The molecule has 0 aliphatic carbocycles. The van der Waals surface area contributed by atoms with Crippen molar-refractivity contribution in [3.05, 3.63) is 53.1 Å². The largest absolute Gasteiger partial charge is 0.361 e. The zero-order valence-electron chi connectivity index (χ0n) is 17.2. The van der Waals surface area contributed by atoms with Crippen LogP contribution in [0.15, 0.2) is 47.4 Å². The van der Waals surface area contributed by atoms with Crippen molar-refractivity contribution in [2.45, 2.75) is 37.0 Å². The van der Waals surface area contributed by atoms with Gasteiger partial charge in [-0.1, -0.05) is 25.4 Å². The maximum absolute atomic E-state index is 12.9. The Bertz CT molecular complexity index is 1060. The van der Waals surface area contributed by atoms with Crippen molar-refractivity contribution < 1.29 is 13.2 Å². The van der Waals surface area contributed by atoms with Gasteiger partial charge in [0.15, 0.2) is 0 Å². The molecule has 6 nitrogen and oxygen atoms in total. The molecule has 0 radical (unpaired) electrons. The number of fused-ring (bicyclic) bond motifs is 1. The van der Waals surface area contributed by atoms with E-state index in [4.69, 9.17) is 11.6 Å². The normalized spacial score (nSPS) is 17.8. The molecule has 2 aliphatic heterocycles. The number of amides is 1. The molecule has 0 aromatic heterocycles. The minimum atomic E-state index is -3.74. The van der Waals surface area contributed by atoms with Crippen LogP contribution in [0.4, 0.5) is 11.4 Å². The Hall–Kier alpha value is -2.25. The second-order valence-electron chi connectivity index (χ2n) is 8.62. The predicted octanol–water partition coefficient (Wildman–Crippen LogP) is 3.86. The van der Waals surface area contributed by atoms with Gasteiger partial charge in [-0.2, -0.15) is 0 Å². The third kappa shape index (κ3) is 4.14. The maximum atomic E-state index is 12.9. The average molecular weight is 448 g/mol. The van der Waals surface area contributed by atoms with Gasteiger partial charge in [0.25, 0.3) is 10.0 Å². The Kier molecular flexibility index (Phi) is 5.45. The Morgan fingerprint density at radius 3 is 2.43 bits per heavy atom. The van der Waals surface area contributed by atoms with E-state index in [0.29, 0.717) is 23.8 Å². The van der Waals surface area contributed by atoms with Gasteiger partial charge in [0.05, 0.1) is 11.4 Å². The molecule has 2 aliphatic rings. The van der Waals surface area contributed by atoms with Gasteiger partial charge in [-0.25, -0.2) is 8.42 Å². The first-order valence-corrected chi connectivity index (χ1v) is 12.0. The lowest BCUT2D eigenvalue weighted by Crippen LogP contribution is -2.40. The molecule has 1 fully saturated rings. The molecule has 2 heterocycles. The van der Waals surface area contributed by atoms with E-state index in [1.165, 1.54) is 0 Å². The van der Waals surface area contributed by atoms with E-state index >= 15 is 0 Å². The number of sulfonamides is 1. The predicted molar refractivity (Wildman–Crippen MR) is 120 cm³/mol. The van der Waals surface area contributed by atoms with Crippen LogP contribution in [-0.2, 0) is 20.2 Å². The van der Waals surface area contributed by atoms with Crippen molar-refractivity contribution in [3.8, 4) is 0 Å². The summed E-state index contributed by atoms with van der Waals surface area (Å²) in [5, 5.41) is 0.542. The van der Waals surface area contributed by atoms with Crippen molar-refractivity contribution in [3.63, 3.8) is 0 Å². The van der Waals surface area contributed by atoms with E-state index in [1.54, 1.807) is 36.4 Å². The first-order chi connectivity index (χ1) is 14.2. The van der Waals surface area contributed by atoms with E-state index in [9.17, 15) is 13.2 Å². The smallest absolute Gasteiger partial charge is 0.261 e. The molecular formula is C22H26ClN3O3S. The standard InChI is InChI=1S/C22H26ClN3O3S/c1-22(2)15-26(14-21(27)25-11-3-4-12-25)20-10-9-18(13-19(20)22)30(28,29)24-17-7-5-16(23)6-8-17/h5-10,13,24H,3-4,11-12,14-15H2,1-2H3. The highest BCUT2D eigenvalue weighted by molar-refractivity contribution is 7.92. The molecule has 0 saturated carbocycles. The second-order valence-corrected chi connectivity index (χ2v) is 10.7. The van der Waals surface area contributed by atoms with Gasteiger partial charge < -0.3 is 9.80 Å². The topological polar surface area (TPSA) is 69.7 Å². The summed E-state index contributed by atoms with van der Waals surface area (Å²) in [6, 6.07) is 11.7. The molecule has 0 atom stereocenters. The van der Waals surface area contributed by atoms with Crippen LogP contribution in [0.5, 0.6) is 0 Å². The van der Waals surface area contributed by atoms with Crippen molar-refractivity contribution in [2.75, 3.05) is 35.8 Å². The van der Waals surface area contributed by atoms with Crippen LogP contribution in [0.1, 0.15) is 32.3 Å². The fourth-order valence-electron chi connectivity index (χ4n) is 4.25. The highest BCUT2D eigenvalue weighted by Crippen LogP contribution is 2.41. The number of likely N-dealkylation sites (tertiary alicyclic amines) is 1. The number of hydrogen-bond acceptors (Lipinski definition) is 4. The van der Waals surface area contributed by atoms with Gasteiger partial charge in [0, 0.05) is 41.4 Å². The Labute approximate surface area is 182 Å². The summed E-state index contributed by atoms with van der Waals surface area (Å²) in [4.78, 5) is 16.8. The molecule has 2 aromatic carbocycles. The van der Waals surface area contributed by atoms with Crippen LogP contribution in [0, 0.1) is 0 Å². The van der Waals surface area contributed by atoms with E-state index in [0.717, 1.165) is 37.2 Å². The van der Waals surface area contributed by atoms with Crippen LogP contribution < -0.4 is 9.62 Å². The molecule has 1 N–H and O–H groups in total. The van der Waals surface area contributed by atoms with Crippen molar-refractivity contribution >= 4 is 38.9 Å². The Balaban J connectivity index is 1.58. The quantitative estimate of drug-likeness (QED) is 0.755. The molecule has 1 amide bonds. The third-order valence-electron chi connectivity index (χ3n) is 5.82. The van der Waals surface area contributed by atoms with Gasteiger partial charge in [-0.05, 0) is 60.9 Å². The maximum Gasteiger partial charge on any atom is 0.261 e. The van der Waals surface area contributed by atoms with Crippen molar-refractivity contribution in [1.29, 1.82) is 0 Å². The molecule has 0 unspecified atom stereocenters. The minimum absolute atomic E-state index is 0.136. The first-order valence-electron chi connectivity index (χ1n) is 10.1. The second kappa shape index (κ2) is 7.78. The Morgan fingerprint density at radius 2 is 1.77 bits per heavy atom. The molecule has 4 rings (SSSR count). The summed E-state index contributed by atoms with van der Waals surface area (Å²) >= 11 is 5.88. The minimum Gasteiger partial charge on any atom is -0.361 e. The van der Waals surface area contributed by atoms with Crippen molar-refractivity contribution in [1.82, 2.24) is 4.90 Å². The van der Waals surface area contributed by atoms with Crippen molar-refractivity contribution in [2.24, 2.45) is 0 Å². The zero-order chi connectivity index (χ0) is 21.5. The molecule has 0 spiro atoms. The zero-order valence-corrected chi connectivity index (χ0v) is 18.8. The number of hydrogen-bond donors (Lipinski definition) is 1. The van der Waals surface area contributed by atoms with Crippen LogP contribution >= 0.6 is 11.6 Å². The monoisotopic (exact) mass is 447 g/mol. The summed E-state index contributed by atoms with van der Waals surface area (Å²) < 4.78 is 28.4. The number of nitrogens with one attached hydrogen (secondary N) is 1. The van der Waals surface area contributed by atoms with Gasteiger partial charge in [0.2, 0.25) is 5.91 Å². The van der Waals surface area contributed by atoms with Crippen LogP contribution in [0.3, 0.4) is 0 Å². The SMILES string of the molecule is CC1(C)CN(CC(=O)N2CCCC2)c2ccc(S(=O)(=O)Nc3ccc(Cl)cc3)cc21. The lowest BCUT2D eigenvalue weighted by Gasteiger charge is -2.24. The number of nitrogens with zero attached hydrogens (tertiary/aromatic N) is 2. The van der Waals surface area contributed by atoms with E-state index in [2.05, 4.69) is 23.5 Å². The third-order valence-corrected chi connectivity index (χ3v) is 7.45.